The quantitative estimate of drug-likeness (QED) is 0.749. The van der Waals surface area contributed by atoms with E-state index in [0.29, 0.717) is 5.69 Å². The SMILES string of the molecule is COc1ccc(Nc2ccc(C(=O)N3CCCc4ccccc43)nc2)cc1. The summed E-state index contributed by atoms with van der Waals surface area (Å²) in [5.74, 6) is 0.750. The lowest BCUT2D eigenvalue weighted by Crippen LogP contribution is -2.35. The molecule has 1 aromatic heterocycles. The van der Waals surface area contributed by atoms with Gasteiger partial charge in [0.1, 0.15) is 11.4 Å². The average Bonchev–Trinajstić information content (AvgIpc) is 2.74. The molecule has 0 atom stereocenters. The Bertz CT molecular complexity index is 937. The number of aromatic nitrogens is 1. The van der Waals surface area contributed by atoms with Crippen molar-refractivity contribution in [2.24, 2.45) is 0 Å². The molecule has 136 valence electrons. The van der Waals surface area contributed by atoms with Gasteiger partial charge in [0.15, 0.2) is 0 Å². The fourth-order valence-electron chi connectivity index (χ4n) is 3.32. The average molecular weight is 359 g/mol. The van der Waals surface area contributed by atoms with Crippen LogP contribution in [-0.4, -0.2) is 24.5 Å². The number of nitrogens with one attached hydrogen (secondary N) is 1. The highest BCUT2D eigenvalue weighted by molar-refractivity contribution is 6.05. The van der Waals surface area contributed by atoms with E-state index in [0.717, 1.165) is 42.2 Å². The normalized spacial score (nSPS) is 13.0. The Balaban J connectivity index is 1.49. The van der Waals surface area contributed by atoms with Crippen LogP contribution in [0.3, 0.4) is 0 Å². The summed E-state index contributed by atoms with van der Waals surface area (Å²) in [5, 5.41) is 3.27. The predicted molar refractivity (Wildman–Crippen MR) is 107 cm³/mol. The van der Waals surface area contributed by atoms with Gasteiger partial charge in [-0.1, -0.05) is 18.2 Å². The molecule has 1 N–H and O–H groups in total. The van der Waals surface area contributed by atoms with Gasteiger partial charge in [-0.05, 0) is 60.9 Å². The van der Waals surface area contributed by atoms with E-state index in [4.69, 9.17) is 4.74 Å². The molecule has 27 heavy (non-hydrogen) atoms. The number of hydrogen-bond acceptors (Lipinski definition) is 4. The molecule has 0 fully saturated rings. The largest absolute Gasteiger partial charge is 0.497 e. The van der Waals surface area contributed by atoms with Crippen molar-refractivity contribution in [2.45, 2.75) is 12.8 Å². The molecule has 4 rings (SSSR count). The molecule has 0 saturated carbocycles. The van der Waals surface area contributed by atoms with Crippen LogP contribution in [0.2, 0.25) is 0 Å². The number of carbonyl (C=O) groups is 1. The second-order valence-electron chi connectivity index (χ2n) is 6.47. The Morgan fingerprint density at radius 1 is 1.04 bits per heavy atom. The lowest BCUT2D eigenvalue weighted by molar-refractivity contribution is 0.0980. The maximum atomic E-state index is 12.9. The van der Waals surface area contributed by atoms with Crippen molar-refractivity contribution >= 4 is 23.0 Å². The van der Waals surface area contributed by atoms with Crippen molar-refractivity contribution in [3.63, 3.8) is 0 Å². The molecule has 0 saturated heterocycles. The fourth-order valence-corrected chi connectivity index (χ4v) is 3.32. The number of pyridine rings is 1. The molecule has 5 nitrogen and oxygen atoms in total. The van der Waals surface area contributed by atoms with Crippen molar-refractivity contribution in [3.05, 3.63) is 78.1 Å². The van der Waals surface area contributed by atoms with Crippen LogP contribution < -0.4 is 15.0 Å². The summed E-state index contributed by atoms with van der Waals surface area (Å²) in [6, 6.07) is 19.4. The number of fused-ring (bicyclic) bond motifs is 1. The minimum Gasteiger partial charge on any atom is -0.497 e. The summed E-state index contributed by atoms with van der Waals surface area (Å²) in [5.41, 5.74) is 4.43. The van der Waals surface area contributed by atoms with Crippen molar-refractivity contribution in [3.8, 4) is 5.75 Å². The maximum absolute atomic E-state index is 12.9. The van der Waals surface area contributed by atoms with Gasteiger partial charge in [-0.2, -0.15) is 0 Å². The van der Waals surface area contributed by atoms with Crippen molar-refractivity contribution in [2.75, 3.05) is 23.9 Å². The Labute approximate surface area is 158 Å². The molecule has 0 bridgehead atoms. The summed E-state index contributed by atoms with van der Waals surface area (Å²) in [6.45, 7) is 0.726. The molecule has 1 amide bonds. The number of methoxy groups -OCH3 is 1. The number of hydrogen-bond donors (Lipinski definition) is 1. The molecule has 0 spiro atoms. The van der Waals surface area contributed by atoms with Crippen LogP contribution in [0.15, 0.2) is 66.9 Å². The first-order valence-electron chi connectivity index (χ1n) is 9.01. The number of aryl methyl sites for hydroxylation is 1. The van der Waals surface area contributed by atoms with Crippen LogP contribution in [0.5, 0.6) is 5.75 Å². The van der Waals surface area contributed by atoms with Crippen LogP contribution in [0.1, 0.15) is 22.5 Å². The summed E-state index contributed by atoms with van der Waals surface area (Å²) in [7, 11) is 1.64. The zero-order valence-electron chi connectivity index (χ0n) is 15.2. The highest BCUT2D eigenvalue weighted by Crippen LogP contribution is 2.28. The molecule has 2 heterocycles. The van der Waals surface area contributed by atoms with Gasteiger partial charge in [0.25, 0.3) is 5.91 Å². The summed E-state index contributed by atoms with van der Waals surface area (Å²) in [6.07, 6.45) is 3.67. The molecule has 1 aliphatic rings. The highest BCUT2D eigenvalue weighted by Gasteiger charge is 2.23. The Morgan fingerprint density at radius 2 is 1.81 bits per heavy atom. The molecule has 1 aliphatic heterocycles. The van der Waals surface area contributed by atoms with Gasteiger partial charge in [-0.25, -0.2) is 4.98 Å². The molecular formula is C22H21N3O2. The first-order valence-corrected chi connectivity index (χ1v) is 9.01. The third kappa shape index (κ3) is 3.62. The lowest BCUT2D eigenvalue weighted by atomic mass is 10.0. The third-order valence-corrected chi connectivity index (χ3v) is 4.72. The predicted octanol–water partition coefficient (Wildman–Crippen LogP) is 4.43. The molecule has 0 unspecified atom stereocenters. The van der Waals surface area contributed by atoms with Gasteiger partial charge < -0.3 is 15.0 Å². The van der Waals surface area contributed by atoms with Gasteiger partial charge in [0.2, 0.25) is 0 Å². The molecule has 5 heteroatoms. The van der Waals surface area contributed by atoms with E-state index in [1.807, 2.05) is 53.4 Å². The summed E-state index contributed by atoms with van der Waals surface area (Å²) in [4.78, 5) is 19.1. The number of benzene rings is 2. The Hall–Kier alpha value is -3.34. The third-order valence-electron chi connectivity index (χ3n) is 4.72. The van der Waals surface area contributed by atoms with E-state index >= 15 is 0 Å². The summed E-state index contributed by atoms with van der Waals surface area (Å²) < 4.78 is 5.16. The number of ether oxygens (including phenoxy) is 1. The second-order valence-corrected chi connectivity index (χ2v) is 6.47. The monoisotopic (exact) mass is 359 g/mol. The van der Waals surface area contributed by atoms with Gasteiger partial charge >= 0.3 is 0 Å². The van der Waals surface area contributed by atoms with Crippen molar-refractivity contribution in [1.29, 1.82) is 0 Å². The first-order chi connectivity index (χ1) is 13.2. The van der Waals surface area contributed by atoms with Crippen LogP contribution in [0.25, 0.3) is 0 Å². The maximum Gasteiger partial charge on any atom is 0.276 e. The fraction of sp³-hybridized carbons (Fsp3) is 0.182. The van der Waals surface area contributed by atoms with Crippen LogP contribution >= 0.6 is 0 Å². The number of para-hydroxylation sites is 1. The molecule has 3 aromatic rings. The Kier molecular flexibility index (Phi) is 4.75. The number of nitrogens with zero attached hydrogens (tertiary/aromatic N) is 2. The van der Waals surface area contributed by atoms with E-state index in [1.54, 1.807) is 19.4 Å². The zero-order chi connectivity index (χ0) is 18.6. The molecule has 0 aliphatic carbocycles. The first kappa shape index (κ1) is 17.1. The number of carbonyl (C=O) groups excluding carboxylic acids is 1. The smallest absolute Gasteiger partial charge is 0.276 e. The number of anilines is 3. The highest BCUT2D eigenvalue weighted by atomic mass is 16.5. The minimum absolute atomic E-state index is 0.0573. The van der Waals surface area contributed by atoms with Crippen LogP contribution in [0.4, 0.5) is 17.1 Å². The van der Waals surface area contributed by atoms with Gasteiger partial charge in [0, 0.05) is 17.9 Å². The van der Waals surface area contributed by atoms with Gasteiger partial charge in [0.05, 0.1) is 19.0 Å². The minimum atomic E-state index is -0.0573. The standard InChI is InChI=1S/C22H21N3O2/c1-27-19-11-8-17(9-12-19)24-18-10-13-20(23-15-18)22(26)25-14-4-6-16-5-2-3-7-21(16)25/h2-3,5,7-13,15,24H,4,6,14H2,1H3. The molecular weight excluding hydrogens is 338 g/mol. The number of rotatable bonds is 4. The number of amides is 1. The van der Waals surface area contributed by atoms with Crippen molar-refractivity contribution in [1.82, 2.24) is 4.98 Å². The van der Waals surface area contributed by atoms with E-state index in [-0.39, 0.29) is 5.91 Å². The van der Waals surface area contributed by atoms with E-state index in [1.165, 1.54) is 5.56 Å². The zero-order valence-corrected chi connectivity index (χ0v) is 15.2. The lowest BCUT2D eigenvalue weighted by Gasteiger charge is -2.29. The van der Waals surface area contributed by atoms with Crippen LogP contribution in [0, 0.1) is 0 Å². The van der Waals surface area contributed by atoms with Crippen molar-refractivity contribution < 1.29 is 9.53 Å². The van der Waals surface area contributed by atoms with E-state index in [2.05, 4.69) is 16.4 Å². The molecule has 2 aromatic carbocycles. The second kappa shape index (κ2) is 7.50. The summed E-state index contributed by atoms with van der Waals surface area (Å²) >= 11 is 0. The Morgan fingerprint density at radius 3 is 2.56 bits per heavy atom. The van der Waals surface area contributed by atoms with Gasteiger partial charge in [-0.3, -0.25) is 4.79 Å². The van der Waals surface area contributed by atoms with E-state index in [9.17, 15) is 4.79 Å². The van der Waals surface area contributed by atoms with Gasteiger partial charge in [-0.15, -0.1) is 0 Å². The van der Waals surface area contributed by atoms with E-state index < -0.39 is 0 Å². The van der Waals surface area contributed by atoms with Crippen LogP contribution in [-0.2, 0) is 6.42 Å². The molecule has 0 radical (unpaired) electrons. The topological polar surface area (TPSA) is 54.5 Å².